The van der Waals surface area contributed by atoms with Crippen LogP contribution < -0.4 is 10.6 Å². The van der Waals surface area contributed by atoms with Crippen molar-refractivity contribution in [3.05, 3.63) is 36.4 Å². The van der Waals surface area contributed by atoms with Gasteiger partial charge in [-0.1, -0.05) is 6.07 Å². The highest BCUT2D eigenvalue weighted by molar-refractivity contribution is 5.99. The van der Waals surface area contributed by atoms with Crippen LogP contribution in [0.1, 0.15) is 25.6 Å². The Morgan fingerprint density at radius 3 is 2.72 bits per heavy atom. The molecular weight excluding hydrogens is 320 g/mol. The van der Waals surface area contributed by atoms with Crippen molar-refractivity contribution in [3.8, 4) is 11.5 Å². The molecule has 0 aromatic carbocycles. The summed E-state index contributed by atoms with van der Waals surface area (Å²) in [6.07, 6.45) is 3.41. The normalized spacial score (nSPS) is 10.9. The van der Waals surface area contributed by atoms with E-state index in [1.54, 1.807) is 30.3 Å². The first-order valence-corrected chi connectivity index (χ1v) is 7.89. The number of aromatic nitrogens is 6. The Bertz CT molecular complexity index is 895. The minimum Gasteiger partial charge on any atom is -0.310 e. The molecule has 3 aromatic heterocycles. The maximum atomic E-state index is 12.2. The molecule has 0 radical (unpaired) electrons. The summed E-state index contributed by atoms with van der Waals surface area (Å²) in [5.41, 5.74) is 2.03. The fourth-order valence-electron chi connectivity index (χ4n) is 2.42. The number of carbonyl (C=O) groups is 1. The zero-order chi connectivity index (χ0) is 18.0. The zero-order valence-electron chi connectivity index (χ0n) is 14.6. The van der Waals surface area contributed by atoms with E-state index in [9.17, 15) is 4.79 Å². The van der Waals surface area contributed by atoms with Gasteiger partial charge in [-0.2, -0.15) is 5.10 Å². The van der Waals surface area contributed by atoms with Gasteiger partial charge in [-0.15, -0.1) is 10.2 Å². The lowest BCUT2D eigenvalue weighted by Gasteiger charge is -2.11. The Kier molecular flexibility index (Phi) is 4.46. The molecule has 9 heteroatoms. The fraction of sp³-hybridized carbons (Fsp3) is 0.312. The summed E-state index contributed by atoms with van der Waals surface area (Å²) in [5.74, 6) is 1.08. The molecule has 3 rings (SSSR count). The number of hydrogen-bond donors (Lipinski definition) is 2. The molecule has 0 aliphatic heterocycles. The van der Waals surface area contributed by atoms with Crippen molar-refractivity contribution in [2.45, 2.75) is 26.8 Å². The fourth-order valence-corrected chi connectivity index (χ4v) is 2.42. The highest BCUT2D eigenvalue weighted by atomic mass is 16.2. The first kappa shape index (κ1) is 16.6. The number of nitrogens with one attached hydrogen (secondary N) is 2. The molecule has 2 amide bonds. The second-order valence-electron chi connectivity index (χ2n) is 5.94. The molecule has 0 atom stereocenters. The summed E-state index contributed by atoms with van der Waals surface area (Å²) in [4.78, 5) is 16.6. The molecule has 0 aliphatic rings. The van der Waals surface area contributed by atoms with Crippen molar-refractivity contribution >= 4 is 17.5 Å². The van der Waals surface area contributed by atoms with Gasteiger partial charge in [0.05, 0.1) is 11.4 Å². The molecule has 0 aliphatic carbocycles. The Balaban J connectivity index is 1.76. The maximum Gasteiger partial charge on any atom is 0.324 e. The van der Waals surface area contributed by atoms with E-state index in [1.165, 1.54) is 0 Å². The number of rotatable bonds is 4. The van der Waals surface area contributed by atoms with Gasteiger partial charge in [-0.25, -0.2) is 9.78 Å². The topological polar surface area (TPSA) is 103 Å². The summed E-state index contributed by atoms with van der Waals surface area (Å²) in [5, 5.41) is 17.7. The Morgan fingerprint density at radius 2 is 2.04 bits per heavy atom. The number of aryl methyl sites for hydroxylation is 2. The number of anilines is 2. The van der Waals surface area contributed by atoms with Crippen molar-refractivity contribution in [2.75, 3.05) is 10.6 Å². The molecule has 3 aromatic rings. The Morgan fingerprint density at radius 1 is 1.24 bits per heavy atom. The van der Waals surface area contributed by atoms with Crippen LogP contribution in [0.4, 0.5) is 16.3 Å². The molecule has 2 N–H and O–H groups in total. The predicted octanol–water partition coefficient (Wildman–Crippen LogP) is 2.61. The van der Waals surface area contributed by atoms with Gasteiger partial charge >= 0.3 is 6.03 Å². The molecule has 130 valence electrons. The van der Waals surface area contributed by atoms with E-state index < -0.39 is 0 Å². The van der Waals surface area contributed by atoms with Crippen LogP contribution in [0.5, 0.6) is 0 Å². The zero-order valence-corrected chi connectivity index (χ0v) is 14.6. The lowest BCUT2D eigenvalue weighted by atomic mass is 10.3. The average Bonchev–Trinajstić information content (AvgIpc) is 3.14. The van der Waals surface area contributed by atoms with Crippen molar-refractivity contribution in [1.82, 2.24) is 29.5 Å². The summed E-state index contributed by atoms with van der Waals surface area (Å²) < 4.78 is 3.56. The van der Waals surface area contributed by atoms with Crippen molar-refractivity contribution in [1.29, 1.82) is 0 Å². The lowest BCUT2D eigenvalue weighted by molar-refractivity contribution is 0.262. The second-order valence-corrected chi connectivity index (χ2v) is 5.94. The third-order valence-corrected chi connectivity index (χ3v) is 3.61. The van der Waals surface area contributed by atoms with E-state index in [-0.39, 0.29) is 12.1 Å². The predicted molar refractivity (Wildman–Crippen MR) is 94.2 cm³/mol. The summed E-state index contributed by atoms with van der Waals surface area (Å²) in [7, 11) is 1.80. The molecule has 0 bridgehead atoms. The monoisotopic (exact) mass is 340 g/mol. The molecule has 0 saturated carbocycles. The van der Waals surface area contributed by atoms with E-state index in [4.69, 9.17) is 0 Å². The molecule has 25 heavy (non-hydrogen) atoms. The number of hydrogen-bond acceptors (Lipinski definition) is 5. The number of pyridine rings is 1. The SMILES string of the molecule is Cc1nn(C)cc1NC(=O)Nc1cccc(-c2nncn2C(C)C)n1. The van der Waals surface area contributed by atoms with E-state index >= 15 is 0 Å². The first-order valence-electron chi connectivity index (χ1n) is 7.89. The molecule has 0 unspecified atom stereocenters. The molecule has 0 saturated heterocycles. The standard InChI is InChI=1S/C16H20N8O/c1-10(2)24-9-17-21-15(24)12-6-5-7-14(18-12)20-16(25)19-13-8-23(4)22-11(13)3/h5-10H,1-4H3,(H2,18,19,20,25). The first-order chi connectivity index (χ1) is 11.9. The van der Waals surface area contributed by atoms with Crippen molar-refractivity contribution in [3.63, 3.8) is 0 Å². The maximum absolute atomic E-state index is 12.2. The summed E-state index contributed by atoms with van der Waals surface area (Å²) >= 11 is 0. The summed E-state index contributed by atoms with van der Waals surface area (Å²) in [6.45, 7) is 5.91. The smallest absolute Gasteiger partial charge is 0.310 e. The van der Waals surface area contributed by atoms with Gasteiger partial charge in [-0.3, -0.25) is 10.00 Å². The Labute approximate surface area is 145 Å². The Hall–Kier alpha value is -3.23. The molecule has 0 spiro atoms. The van der Waals surface area contributed by atoms with Crippen LogP contribution in [0.2, 0.25) is 0 Å². The number of carbonyl (C=O) groups excluding carboxylic acids is 1. The largest absolute Gasteiger partial charge is 0.324 e. The van der Waals surface area contributed by atoms with Crippen LogP contribution >= 0.6 is 0 Å². The molecule has 9 nitrogen and oxygen atoms in total. The van der Waals surface area contributed by atoms with Crippen LogP contribution in [-0.2, 0) is 7.05 Å². The summed E-state index contributed by atoms with van der Waals surface area (Å²) in [6, 6.07) is 5.19. The highest BCUT2D eigenvalue weighted by Crippen LogP contribution is 2.20. The van der Waals surface area contributed by atoms with Crippen LogP contribution in [0.15, 0.2) is 30.7 Å². The van der Waals surface area contributed by atoms with Crippen LogP contribution in [0, 0.1) is 6.92 Å². The number of amides is 2. The van der Waals surface area contributed by atoms with Crippen LogP contribution in [0.3, 0.4) is 0 Å². The highest BCUT2D eigenvalue weighted by Gasteiger charge is 2.13. The van der Waals surface area contributed by atoms with Gasteiger partial charge in [0.25, 0.3) is 0 Å². The number of nitrogens with zero attached hydrogens (tertiary/aromatic N) is 6. The van der Waals surface area contributed by atoms with Gasteiger partial charge in [0.15, 0.2) is 5.82 Å². The third kappa shape index (κ3) is 3.65. The van der Waals surface area contributed by atoms with E-state index in [0.717, 1.165) is 5.69 Å². The quantitative estimate of drug-likeness (QED) is 0.760. The van der Waals surface area contributed by atoms with Crippen molar-refractivity contribution in [2.24, 2.45) is 7.05 Å². The van der Waals surface area contributed by atoms with Gasteiger partial charge in [0, 0.05) is 19.3 Å². The van der Waals surface area contributed by atoms with Crippen molar-refractivity contribution < 1.29 is 4.79 Å². The van der Waals surface area contributed by atoms with Gasteiger partial charge in [0.2, 0.25) is 0 Å². The third-order valence-electron chi connectivity index (χ3n) is 3.61. The molecule has 0 fully saturated rings. The molecular formula is C16H20N8O. The average molecular weight is 340 g/mol. The van der Waals surface area contributed by atoms with Gasteiger partial charge < -0.3 is 9.88 Å². The second kappa shape index (κ2) is 6.71. The van der Waals surface area contributed by atoms with Gasteiger partial charge in [-0.05, 0) is 32.9 Å². The lowest BCUT2D eigenvalue weighted by Crippen LogP contribution is -2.20. The van der Waals surface area contributed by atoms with Crippen LogP contribution in [-0.4, -0.2) is 35.6 Å². The van der Waals surface area contributed by atoms with E-state index in [2.05, 4.69) is 30.9 Å². The van der Waals surface area contributed by atoms with Gasteiger partial charge in [0.1, 0.15) is 17.8 Å². The minimum absolute atomic E-state index is 0.209. The van der Waals surface area contributed by atoms with E-state index in [0.29, 0.717) is 23.0 Å². The minimum atomic E-state index is -0.383. The van der Waals surface area contributed by atoms with E-state index in [1.807, 2.05) is 37.5 Å². The van der Waals surface area contributed by atoms with Crippen LogP contribution in [0.25, 0.3) is 11.5 Å². The number of urea groups is 1. The molecule has 3 heterocycles.